The van der Waals surface area contributed by atoms with Crippen LogP contribution in [0.1, 0.15) is 26.3 Å². The Morgan fingerprint density at radius 2 is 1.95 bits per heavy atom. The van der Waals surface area contributed by atoms with Crippen molar-refractivity contribution in [2.75, 3.05) is 0 Å². The monoisotopic (exact) mass is 276 g/mol. The van der Waals surface area contributed by atoms with E-state index >= 15 is 0 Å². The van der Waals surface area contributed by atoms with Gasteiger partial charge in [-0.1, -0.05) is 13.8 Å². The van der Waals surface area contributed by atoms with Gasteiger partial charge in [-0.2, -0.15) is 0 Å². The summed E-state index contributed by atoms with van der Waals surface area (Å²) in [5.74, 6) is -0.375. The number of rotatable bonds is 4. The maximum absolute atomic E-state index is 12.1. The second-order valence-corrected chi connectivity index (χ2v) is 4.51. The molecule has 0 amide bonds. The van der Waals surface area contributed by atoms with Gasteiger partial charge >= 0.3 is 12.3 Å². The van der Waals surface area contributed by atoms with Crippen LogP contribution in [0.25, 0.3) is 0 Å². The van der Waals surface area contributed by atoms with Crippen molar-refractivity contribution in [3.63, 3.8) is 0 Å². The molecule has 0 spiro atoms. The van der Waals surface area contributed by atoms with Gasteiger partial charge in [0.2, 0.25) is 0 Å². The normalized spacial score (nSPS) is 11.5. The molecular formula is C13H15F3O3. The summed E-state index contributed by atoms with van der Waals surface area (Å²) in [4.78, 5) is 10.9. The molecule has 0 fully saturated rings. The first kappa shape index (κ1) is 15.3. The van der Waals surface area contributed by atoms with E-state index in [4.69, 9.17) is 4.74 Å². The SMILES string of the molecule is CC(=O)Oc1ccc(OC(F)(F)F)cc1CC(C)C. The first-order valence-electron chi connectivity index (χ1n) is 5.74. The number of carbonyl (C=O) groups excluding carboxylic acids is 1. The summed E-state index contributed by atoms with van der Waals surface area (Å²) in [5.41, 5.74) is 0.506. The molecule has 106 valence electrons. The van der Waals surface area contributed by atoms with Gasteiger partial charge in [-0.25, -0.2) is 0 Å². The van der Waals surface area contributed by atoms with Crippen LogP contribution in [0.15, 0.2) is 18.2 Å². The van der Waals surface area contributed by atoms with Crippen molar-refractivity contribution in [2.45, 2.75) is 33.6 Å². The average Bonchev–Trinajstić information content (AvgIpc) is 2.18. The Balaban J connectivity index is 3.03. The minimum absolute atomic E-state index is 0.204. The van der Waals surface area contributed by atoms with Gasteiger partial charge in [0.15, 0.2) is 0 Å². The molecule has 0 bridgehead atoms. The van der Waals surface area contributed by atoms with Crippen molar-refractivity contribution in [2.24, 2.45) is 5.92 Å². The fourth-order valence-electron chi connectivity index (χ4n) is 1.61. The van der Waals surface area contributed by atoms with Crippen LogP contribution in [0.5, 0.6) is 11.5 Å². The molecule has 1 rings (SSSR count). The molecule has 0 atom stereocenters. The van der Waals surface area contributed by atoms with Crippen LogP contribution in [-0.4, -0.2) is 12.3 Å². The minimum atomic E-state index is -4.74. The van der Waals surface area contributed by atoms with Gasteiger partial charge < -0.3 is 9.47 Å². The summed E-state index contributed by atoms with van der Waals surface area (Å²) in [6.07, 6.45) is -4.25. The number of carbonyl (C=O) groups is 1. The fraction of sp³-hybridized carbons (Fsp3) is 0.462. The first-order chi connectivity index (χ1) is 8.67. The van der Waals surface area contributed by atoms with Crippen molar-refractivity contribution >= 4 is 5.97 Å². The second-order valence-electron chi connectivity index (χ2n) is 4.51. The minimum Gasteiger partial charge on any atom is -0.426 e. The van der Waals surface area contributed by atoms with Gasteiger partial charge in [-0.15, -0.1) is 13.2 Å². The van der Waals surface area contributed by atoms with E-state index in [9.17, 15) is 18.0 Å². The molecule has 0 saturated heterocycles. The van der Waals surface area contributed by atoms with E-state index in [0.29, 0.717) is 12.0 Å². The van der Waals surface area contributed by atoms with Crippen LogP contribution in [0.2, 0.25) is 0 Å². The molecule has 0 unspecified atom stereocenters. The molecule has 19 heavy (non-hydrogen) atoms. The number of halogens is 3. The topological polar surface area (TPSA) is 35.5 Å². The average molecular weight is 276 g/mol. The Morgan fingerprint density at radius 3 is 2.42 bits per heavy atom. The predicted octanol–water partition coefficient (Wildman–Crippen LogP) is 3.71. The third-order valence-corrected chi connectivity index (χ3v) is 2.15. The first-order valence-corrected chi connectivity index (χ1v) is 5.74. The molecule has 0 aliphatic heterocycles. The third-order valence-electron chi connectivity index (χ3n) is 2.15. The molecule has 0 aliphatic rings. The van der Waals surface area contributed by atoms with Crippen LogP contribution in [0.4, 0.5) is 13.2 Å². The highest BCUT2D eigenvalue weighted by Crippen LogP contribution is 2.30. The molecule has 0 heterocycles. The molecule has 0 aliphatic carbocycles. The van der Waals surface area contributed by atoms with Gasteiger partial charge in [0.25, 0.3) is 0 Å². The summed E-state index contributed by atoms with van der Waals surface area (Å²) in [5, 5.41) is 0. The lowest BCUT2D eigenvalue weighted by molar-refractivity contribution is -0.274. The lowest BCUT2D eigenvalue weighted by atomic mass is 10.0. The van der Waals surface area contributed by atoms with Crippen LogP contribution < -0.4 is 9.47 Å². The molecule has 1 aromatic rings. The lowest BCUT2D eigenvalue weighted by Crippen LogP contribution is -2.17. The van der Waals surface area contributed by atoms with Crippen molar-refractivity contribution < 1.29 is 27.4 Å². The van der Waals surface area contributed by atoms with Gasteiger partial charge in [0.05, 0.1) is 0 Å². The van der Waals surface area contributed by atoms with E-state index in [2.05, 4.69) is 4.74 Å². The standard InChI is InChI=1S/C13H15F3O3/c1-8(2)6-10-7-11(19-13(14,15)16)4-5-12(10)18-9(3)17/h4-5,7-8H,6H2,1-3H3. The molecule has 3 nitrogen and oxygen atoms in total. The highest BCUT2D eigenvalue weighted by Gasteiger charge is 2.31. The maximum Gasteiger partial charge on any atom is 0.573 e. The predicted molar refractivity (Wildman–Crippen MR) is 63.0 cm³/mol. The number of hydrogen-bond acceptors (Lipinski definition) is 3. The zero-order valence-electron chi connectivity index (χ0n) is 10.9. The summed E-state index contributed by atoms with van der Waals surface area (Å²) in [7, 11) is 0. The highest BCUT2D eigenvalue weighted by atomic mass is 19.4. The Labute approximate surface area is 109 Å². The fourth-order valence-corrected chi connectivity index (χ4v) is 1.61. The molecule has 0 N–H and O–H groups in total. The smallest absolute Gasteiger partial charge is 0.426 e. The molecule has 1 aromatic carbocycles. The Kier molecular flexibility index (Phi) is 4.80. The number of ether oxygens (including phenoxy) is 2. The summed E-state index contributed by atoms with van der Waals surface area (Å²) in [6, 6.07) is 3.67. The van der Waals surface area contributed by atoms with E-state index in [1.54, 1.807) is 0 Å². The van der Waals surface area contributed by atoms with Crippen molar-refractivity contribution in [3.05, 3.63) is 23.8 Å². The maximum atomic E-state index is 12.1. The van der Waals surface area contributed by atoms with Crippen LogP contribution in [-0.2, 0) is 11.2 Å². The van der Waals surface area contributed by atoms with Crippen molar-refractivity contribution in [1.29, 1.82) is 0 Å². The molecule has 0 radical (unpaired) electrons. The van der Waals surface area contributed by atoms with Crippen LogP contribution in [0.3, 0.4) is 0 Å². The van der Waals surface area contributed by atoms with E-state index in [0.717, 1.165) is 6.07 Å². The number of esters is 1. The van der Waals surface area contributed by atoms with Gasteiger partial charge in [0, 0.05) is 6.92 Å². The molecule has 0 saturated carbocycles. The Hall–Kier alpha value is -1.72. The molecule has 6 heteroatoms. The summed E-state index contributed by atoms with van der Waals surface area (Å²) < 4.78 is 45.2. The number of hydrogen-bond donors (Lipinski definition) is 0. The van der Waals surface area contributed by atoms with Gasteiger partial charge in [-0.05, 0) is 36.1 Å². The summed E-state index contributed by atoms with van der Waals surface area (Å²) >= 11 is 0. The highest BCUT2D eigenvalue weighted by molar-refractivity contribution is 5.70. The van der Waals surface area contributed by atoms with Gasteiger partial charge in [-0.3, -0.25) is 4.79 Å². The van der Waals surface area contributed by atoms with Crippen molar-refractivity contribution in [3.8, 4) is 11.5 Å². The van der Waals surface area contributed by atoms with E-state index in [1.165, 1.54) is 19.1 Å². The van der Waals surface area contributed by atoms with E-state index < -0.39 is 12.3 Å². The van der Waals surface area contributed by atoms with Crippen molar-refractivity contribution in [1.82, 2.24) is 0 Å². The zero-order chi connectivity index (χ0) is 14.6. The second kappa shape index (κ2) is 5.95. The largest absolute Gasteiger partial charge is 0.573 e. The Bertz CT molecular complexity index is 453. The number of alkyl halides is 3. The molecule has 0 aromatic heterocycles. The van der Waals surface area contributed by atoms with Crippen LogP contribution >= 0.6 is 0 Å². The summed E-state index contributed by atoms with van der Waals surface area (Å²) in [6.45, 7) is 5.06. The third kappa shape index (κ3) is 5.63. The van der Waals surface area contributed by atoms with E-state index in [1.807, 2.05) is 13.8 Å². The van der Waals surface area contributed by atoms with Crippen LogP contribution in [0, 0.1) is 5.92 Å². The zero-order valence-corrected chi connectivity index (χ0v) is 10.9. The number of benzene rings is 1. The lowest BCUT2D eigenvalue weighted by Gasteiger charge is -2.14. The van der Waals surface area contributed by atoms with E-state index in [-0.39, 0.29) is 17.4 Å². The molecular weight excluding hydrogens is 261 g/mol. The Morgan fingerprint density at radius 1 is 1.32 bits per heavy atom. The quantitative estimate of drug-likeness (QED) is 0.621. The van der Waals surface area contributed by atoms with Gasteiger partial charge in [0.1, 0.15) is 11.5 Å².